The lowest BCUT2D eigenvalue weighted by atomic mass is 10.2. The quantitative estimate of drug-likeness (QED) is 0.535. The van der Waals surface area contributed by atoms with Crippen LogP contribution < -0.4 is 4.31 Å². The van der Waals surface area contributed by atoms with Crippen molar-refractivity contribution in [1.82, 2.24) is 4.90 Å². The highest BCUT2D eigenvalue weighted by molar-refractivity contribution is 7.92. The Labute approximate surface area is 178 Å². The molecule has 0 aliphatic carbocycles. The molecule has 0 saturated carbocycles. The molecule has 1 amide bonds. The summed E-state index contributed by atoms with van der Waals surface area (Å²) in [5.74, 6) is -0.104. The standard InChI is InChI=1S/C24H26N2O3S/c1-3-25(4-2)24(27)21-15-17-23(18-16-21)30(28,29)26(22-13-9-6-10-14-22)19-20-11-7-5-8-12-20/h5-18H,3-4,19H2,1-2H3. The summed E-state index contributed by atoms with van der Waals surface area (Å²) in [6, 6.07) is 24.7. The van der Waals surface area contributed by atoms with Gasteiger partial charge in [-0.15, -0.1) is 0 Å². The molecule has 156 valence electrons. The van der Waals surface area contributed by atoms with Crippen LogP contribution in [0.1, 0.15) is 29.8 Å². The summed E-state index contributed by atoms with van der Waals surface area (Å²) in [6.45, 7) is 5.26. The molecule has 0 radical (unpaired) electrons. The molecule has 0 bridgehead atoms. The van der Waals surface area contributed by atoms with Crippen molar-refractivity contribution in [2.24, 2.45) is 0 Å². The number of hydrogen-bond donors (Lipinski definition) is 0. The van der Waals surface area contributed by atoms with Crippen LogP contribution in [0.5, 0.6) is 0 Å². The van der Waals surface area contributed by atoms with Crippen molar-refractivity contribution in [3.63, 3.8) is 0 Å². The number of rotatable bonds is 8. The van der Waals surface area contributed by atoms with Crippen molar-refractivity contribution in [2.45, 2.75) is 25.3 Å². The second-order valence-corrected chi connectivity index (χ2v) is 8.70. The maximum absolute atomic E-state index is 13.5. The van der Waals surface area contributed by atoms with Gasteiger partial charge in [0.25, 0.3) is 15.9 Å². The van der Waals surface area contributed by atoms with E-state index in [1.54, 1.807) is 29.2 Å². The number of benzene rings is 3. The van der Waals surface area contributed by atoms with Crippen molar-refractivity contribution < 1.29 is 13.2 Å². The molecule has 0 aromatic heterocycles. The van der Waals surface area contributed by atoms with E-state index in [2.05, 4.69) is 0 Å². The lowest BCUT2D eigenvalue weighted by molar-refractivity contribution is 0.0773. The number of hydrogen-bond acceptors (Lipinski definition) is 3. The van der Waals surface area contributed by atoms with Crippen molar-refractivity contribution in [3.05, 3.63) is 96.1 Å². The maximum Gasteiger partial charge on any atom is 0.264 e. The van der Waals surface area contributed by atoms with Gasteiger partial charge in [-0.1, -0.05) is 48.5 Å². The molecule has 0 aliphatic rings. The van der Waals surface area contributed by atoms with E-state index in [0.717, 1.165) is 5.56 Å². The fourth-order valence-corrected chi connectivity index (χ4v) is 4.70. The Kier molecular flexibility index (Phi) is 6.90. The smallest absolute Gasteiger partial charge is 0.264 e. The van der Waals surface area contributed by atoms with E-state index in [1.807, 2.05) is 62.4 Å². The highest BCUT2D eigenvalue weighted by Gasteiger charge is 2.25. The Morgan fingerprint density at radius 1 is 0.767 bits per heavy atom. The number of anilines is 1. The van der Waals surface area contributed by atoms with E-state index in [4.69, 9.17) is 0 Å². The minimum Gasteiger partial charge on any atom is -0.339 e. The molecule has 0 heterocycles. The summed E-state index contributed by atoms with van der Waals surface area (Å²) in [5.41, 5.74) is 1.95. The van der Waals surface area contributed by atoms with Crippen LogP contribution in [0.4, 0.5) is 5.69 Å². The van der Waals surface area contributed by atoms with Gasteiger partial charge in [-0.2, -0.15) is 0 Å². The molecular formula is C24H26N2O3S. The Balaban J connectivity index is 1.96. The summed E-state index contributed by atoms with van der Waals surface area (Å²) in [4.78, 5) is 14.4. The normalized spacial score (nSPS) is 11.1. The molecule has 3 aromatic rings. The zero-order valence-electron chi connectivity index (χ0n) is 17.2. The molecule has 0 N–H and O–H groups in total. The first-order valence-corrected chi connectivity index (χ1v) is 11.4. The van der Waals surface area contributed by atoms with Crippen LogP contribution in [0.2, 0.25) is 0 Å². The first kappa shape index (κ1) is 21.6. The summed E-state index contributed by atoms with van der Waals surface area (Å²) in [5, 5.41) is 0. The first-order valence-electron chi connectivity index (χ1n) is 9.98. The van der Waals surface area contributed by atoms with Crippen molar-refractivity contribution in [2.75, 3.05) is 17.4 Å². The molecule has 6 heteroatoms. The molecule has 0 aliphatic heterocycles. The Hall–Kier alpha value is -3.12. The minimum absolute atomic E-state index is 0.104. The number of amides is 1. The molecule has 3 aromatic carbocycles. The molecule has 3 rings (SSSR count). The zero-order chi connectivity index (χ0) is 21.6. The molecule has 5 nitrogen and oxygen atoms in total. The van der Waals surface area contributed by atoms with Crippen LogP contribution in [-0.4, -0.2) is 32.3 Å². The fraction of sp³-hybridized carbons (Fsp3) is 0.208. The zero-order valence-corrected chi connectivity index (χ0v) is 18.0. The van der Waals surface area contributed by atoms with Gasteiger partial charge < -0.3 is 4.90 Å². The van der Waals surface area contributed by atoms with Gasteiger partial charge in [0.2, 0.25) is 0 Å². The van der Waals surface area contributed by atoms with E-state index >= 15 is 0 Å². The van der Waals surface area contributed by atoms with E-state index in [0.29, 0.717) is 24.3 Å². The highest BCUT2D eigenvalue weighted by atomic mass is 32.2. The number of sulfonamides is 1. The van der Waals surface area contributed by atoms with Crippen molar-refractivity contribution in [1.29, 1.82) is 0 Å². The second kappa shape index (κ2) is 9.59. The molecule has 30 heavy (non-hydrogen) atoms. The van der Waals surface area contributed by atoms with Gasteiger partial charge in [-0.25, -0.2) is 8.42 Å². The third-order valence-electron chi connectivity index (χ3n) is 4.95. The van der Waals surface area contributed by atoms with Gasteiger partial charge in [0.1, 0.15) is 0 Å². The van der Waals surface area contributed by atoms with Crippen LogP contribution in [-0.2, 0) is 16.6 Å². The second-order valence-electron chi connectivity index (χ2n) is 6.83. The third kappa shape index (κ3) is 4.71. The monoisotopic (exact) mass is 422 g/mol. The Morgan fingerprint density at radius 3 is 1.83 bits per heavy atom. The molecular weight excluding hydrogens is 396 g/mol. The highest BCUT2D eigenvalue weighted by Crippen LogP contribution is 2.26. The lowest BCUT2D eigenvalue weighted by Gasteiger charge is -2.25. The maximum atomic E-state index is 13.5. The third-order valence-corrected chi connectivity index (χ3v) is 6.74. The first-order chi connectivity index (χ1) is 14.5. The van der Waals surface area contributed by atoms with Gasteiger partial charge in [-0.3, -0.25) is 9.10 Å². The van der Waals surface area contributed by atoms with Crippen LogP contribution in [0.25, 0.3) is 0 Å². The Morgan fingerprint density at radius 2 is 1.30 bits per heavy atom. The average molecular weight is 423 g/mol. The SMILES string of the molecule is CCN(CC)C(=O)c1ccc(S(=O)(=O)N(Cc2ccccc2)c2ccccc2)cc1. The predicted molar refractivity (Wildman–Crippen MR) is 120 cm³/mol. The summed E-state index contributed by atoms with van der Waals surface area (Å²) in [6.07, 6.45) is 0. The van der Waals surface area contributed by atoms with Crippen molar-refractivity contribution in [3.8, 4) is 0 Å². The van der Waals surface area contributed by atoms with E-state index in [9.17, 15) is 13.2 Å². The van der Waals surface area contributed by atoms with E-state index < -0.39 is 10.0 Å². The van der Waals surface area contributed by atoms with Crippen LogP contribution in [0.15, 0.2) is 89.8 Å². The lowest BCUT2D eigenvalue weighted by Crippen LogP contribution is -2.31. The van der Waals surface area contributed by atoms with Gasteiger partial charge in [0, 0.05) is 18.7 Å². The summed E-state index contributed by atoms with van der Waals surface area (Å²) < 4.78 is 28.4. The fourth-order valence-electron chi connectivity index (χ4n) is 3.25. The van der Waals surface area contributed by atoms with Crippen LogP contribution in [0, 0.1) is 0 Å². The number of carbonyl (C=O) groups excluding carboxylic acids is 1. The van der Waals surface area contributed by atoms with E-state index in [-0.39, 0.29) is 17.3 Å². The van der Waals surface area contributed by atoms with Gasteiger partial charge in [0.15, 0.2) is 0 Å². The predicted octanol–water partition coefficient (Wildman–Crippen LogP) is 4.56. The van der Waals surface area contributed by atoms with Gasteiger partial charge in [-0.05, 0) is 55.8 Å². The summed E-state index contributed by atoms with van der Waals surface area (Å²) >= 11 is 0. The Bertz CT molecular complexity index is 1060. The summed E-state index contributed by atoms with van der Waals surface area (Å²) in [7, 11) is -3.82. The largest absolute Gasteiger partial charge is 0.339 e. The van der Waals surface area contributed by atoms with Crippen LogP contribution in [0.3, 0.4) is 0 Å². The van der Waals surface area contributed by atoms with Crippen molar-refractivity contribution >= 4 is 21.6 Å². The average Bonchev–Trinajstić information content (AvgIpc) is 2.79. The minimum atomic E-state index is -3.82. The van der Waals surface area contributed by atoms with Gasteiger partial charge in [0.05, 0.1) is 17.1 Å². The molecule has 0 atom stereocenters. The molecule has 0 saturated heterocycles. The number of para-hydroxylation sites is 1. The molecule has 0 fully saturated rings. The molecule has 0 spiro atoms. The topological polar surface area (TPSA) is 57.7 Å². The van der Waals surface area contributed by atoms with E-state index in [1.165, 1.54) is 16.4 Å². The molecule has 0 unspecified atom stereocenters. The van der Waals surface area contributed by atoms with Gasteiger partial charge >= 0.3 is 0 Å². The number of carbonyl (C=O) groups is 1. The number of nitrogens with zero attached hydrogens (tertiary/aromatic N) is 2. The van der Waals surface area contributed by atoms with Crippen LogP contribution >= 0.6 is 0 Å².